The number of rotatable bonds is 10. The van der Waals surface area contributed by atoms with Crippen molar-refractivity contribution >= 4 is 21.9 Å². The van der Waals surface area contributed by atoms with Gasteiger partial charge in [0.05, 0.1) is 4.90 Å². The van der Waals surface area contributed by atoms with Crippen molar-refractivity contribution in [2.75, 3.05) is 6.54 Å². The molecule has 140 valence electrons. The van der Waals surface area contributed by atoms with E-state index in [1.807, 2.05) is 20.8 Å². The molecule has 25 heavy (non-hydrogen) atoms. The number of hydrogen-bond acceptors (Lipinski definition) is 4. The first-order chi connectivity index (χ1) is 11.7. The smallest absolute Gasteiger partial charge is 0.326 e. The molecule has 1 rings (SSSR count). The van der Waals surface area contributed by atoms with Gasteiger partial charge < -0.3 is 10.4 Å². The molecule has 0 saturated heterocycles. The zero-order valence-electron chi connectivity index (χ0n) is 14.8. The lowest BCUT2D eigenvalue weighted by Crippen LogP contribution is -2.40. The monoisotopic (exact) mass is 370 g/mol. The molecule has 1 amide bonds. The molecule has 0 aliphatic carbocycles. The van der Waals surface area contributed by atoms with Crippen LogP contribution >= 0.6 is 0 Å². The van der Waals surface area contributed by atoms with E-state index in [0.29, 0.717) is 19.4 Å². The first-order valence-electron chi connectivity index (χ1n) is 8.30. The average molecular weight is 370 g/mol. The average Bonchev–Trinajstić information content (AvgIpc) is 2.56. The number of carboxylic acids is 1. The molecule has 0 heterocycles. The third-order valence-electron chi connectivity index (χ3n) is 3.56. The number of hydrogen-bond donors (Lipinski definition) is 3. The van der Waals surface area contributed by atoms with Gasteiger partial charge in [-0.2, -0.15) is 0 Å². The van der Waals surface area contributed by atoms with Gasteiger partial charge in [0.25, 0.3) is 5.91 Å². The Bertz CT molecular complexity index is 683. The Hall–Kier alpha value is -1.93. The Morgan fingerprint density at radius 2 is 1.76 bits per heavy atom. The fourth-order valence-corrected chi connectivity index (χ4v) is 3.27. The van der Waals surface area contributed by atoms with Crippen molar-refractivity contribution < 1.29 is 23.1 Å². The molecule has 0 radical (unpaired) electrons. The van der Waals surface area contributed by atoms with Gasteiger partial charge in [0.15, 0.2) is 0 Å². The Balaban J connectivity index is 2.81. The summed E-state index contributed by atoms with van der Waals surface area (Å²) in [5, 5.41) is 11.6. The molecule has 0 saturated carbocycles. The van der Waals surface area contributed by atoms with Crippen LogP contribution in [0, 0.1) is 5.92 Å². The third-order valence-corrected chi connectivity index (χ3v) is 5.00. The molecule has 8 heteroatoms. The topological polar surface area (TPSA) is 113 Å². The summed E-state index contributed by atoms with van der Waals surface area (Å²) >= 11 is 0. The molecule has 0 aliphatic heterocycles. The molecule has 0 aliphatic rings. The quantitative estimate of drug-likeness (QED) is 0.583. The predicted octanol–water partition coefficient (Wildman–Crippen LogP) is 1.99. The van der Waals surface area contributed by atoms with Gasteiger partial charge in [-0.3, -0.25) is 4.79 Å². The van der Waals surface area contributed by atoms with Crippen LogP contribution in [0.1, 0.15) is 50.4 Å². The van der Waals surface area contributed by atoms with Crippen molar-refractivity contribution in [1.29, 1.82) is 0 Å². The van der Waals surface area contributed by atoms with Gasteiger partial charge in [0, 0.05) is 12.1 Å². The molecule has 0 bridgehead atoms. The van der Waals surface area contributed by atoms with E-state index in [9.17, 15) is 18.0 Å². The van der Waals surface area contributed by atoms with Crippen LogP contribution in [0.25, 0.3) is 0 Å². The SMILES string of the molecule is CCCCC(NC(=O)c1ccc(S(=O)(=O)NCC(C)C)cc1)C(=O)O. The number of unbranched alkanes of at least 4 members (excludes halogenated alkanes) is 1. The van der Waals surface area contributed by atoms with E-state index in [0.717, 1.165) is 6.42 Å². The van der Waals surface area contributed by atoms with Crippen molar-refractivity contribution in [2.45, 2.75) is 51.0 Å². The van der Waals surface area contributed by atoms with E-state index in [1.165, 1.54) is 24.3 Å². The number of nitrogens with one attached hydrogen (secondary N) is 2. The molecule has 1 aromatic carbocycles. The van der Waals surface area contributed by atoms with Crippen LogP contribution in [0.3, 0.4) is 0 Å². The maximum absolute atomic E-state index is 12.2. The van der Waals surface area contributed by atoms with Crippen molar-refractivity contribution in [2.24, 2.45) is 5.92 Å². The van der Waals surface area contributed by atoms with Gasteiger partial charge in [0.1, 0.15) is 6.04 Å². The second kappa shape index (κ2) is 9.53. The Morgan fingerprint density at radius 1 is 1.16 bits per heavy atom. The zero-order valence-corrected chi connectivity index (χ0v) is 15.6. The van der Waals surface area contributed by atoms with Crippen molar-refractivity contribution in [3.63, 3.8) is 0 Å². The lowest BCUT2D eigenvalue weighted by atomic mass is 10.1. The normalized spacial score (nSPS) is 12.8. The zero-order chi connectivity index (χ0) is 19.0. The number of aliphatic carboxylic acids is 1. The number of carbonyl (C=O) groups is 2. The van der Waals surface area contributed by atoms with E-state index in [-0.39, 0.29) is 16.4 Å². The number of amides is 1. The lowest BCUT2D eigenvalue weighted by molar-refractivity contribution is -0.139. The minimum atomic E-state index is -3.62. The third kappa shape index (κ3) is 6.83. The minimum Gasteiger partial charge on any atom is -0.480 e. The highest BCUT2D eigenvalue weighted by Crippen LogP contribution is 2.12. The second-order valence-corrected chi connectivity index (χ2v) is 8.04. The Kier molecular flexibility index (Phi) is 8.05. The predicted molar refractivity (Wildman–Crippen MR) is 94.9 cm³/mol. The maximum atomic E-state index is 12.2. The first kappa shape index (κ1) is 21.1. The number of sulfonamides is 1. The van der Waals surface area contributed by atoms with Crippen LogP contribution in [-0.2, 0) is 14.8 Å². The van der Waals surface area contributed by atoms with Crippen molar-refractivity contribution in [3.8, 4) is 0 Å². The molecular weight excluding hydrogens is 344 g/mol. The fourth-order valence-electron chi connectivity index (χ4n) is 2.05. The molecule has 3 N–H and O–H groups in total. The maximum Gasteiger partial charge on any atom is 0.326 e. The molecule has 0 aromatic heterocycles. The lowest BCUT2D eigenvalue weighted by Gasteiger charge is -2.14. The number of benzene rings is 1. The van der Waals surface area contributed by atoms with E-state index in [1.54, 1.807) is 0 Å². The van der Waals surface area contributed by atoms with E-state index in [2.05, 4.69) is 10.0 Å². The van der Waals surface area contributed by atoms with Gasteiger partial charge in [0.2, 0.25) is 10.0 Å². The number of carboxylic acid groups (broad SMARTS) is 1. The first-order valence-corrected chi connectivity index (χ1v) is 9.79. The van der Waals surface area contributed by atoms with Gasteiger partial charge in [-0.05, 0) is 36.6 Å². The second-order valence-electron chi connectivity index (χ2n) is 6.28. The minimum absolute atomic E-state index is 0.0606. The van der Waals surface area contributed by atoms with E-state index < -0.39 is 27.9 Å². The summed E-state index contributed by atoms with van der Waals surface area (Å²) in [4.78, 5) is 23.4. The molecule has 1 atom stereocenters. The van der Waals surface area contributed by atoms with Crippen LogP contribution in [0.4, 0.5) is 0 Å². The van der Waals surface area contributed by atoms with Crippen molar-refractivity contribution in [1.82, 2.24) is 10.0 Å². The standard InChI is InChI=1S/C17H26N2O5S/c1-4-5-6-15(17(21)22)19-16(20)13-7-9-14(10-8-13)25(23,24)18-11-12(2)3/h7-10,12,15,18H,4-6,11H2,1-3H3,(H,19,20)(H,21,22). The van der Waals surface area contributed by atoms with Crippen LogP contribution in [0.5, 0.6) is 0 Å². The molecule has 7 nitrogen and oxygen atoms in total. The van der Waals surface area contributed by atoms with Gasteiger partial charge in [-0.1, -0.05) is 33.6 Å². The van der Waals surface area contributed by atoms with Crippen LogP contribution in [0.15, 0.2) is 29.2 Å². The molecule has 1 unspecified atom stereocenters. The highest BCUT2D eigenvalue weighted by molar-refractivity contribution is 7.89. The van der Waals surface area contributed by atoms with Crippen LogP contribution in [0.2, 0.25) is 0 Å². The van der Waals surface area contributed by atoms with Crippen LogP contribution in [-0.4, -0.2) is 38.0 Å². The summed E-state index contributed by atoms with van der Waals surface area (Å²) in [5.74, 6) is -1.45. The Labute approximate surface area is 148 Å². The summed E-state index contributed by atoms with van der Waals surface area (Å²) in [5.41, 5.74) is 0.213. The molecule has 0 fully saturated rings. The van der Waals surface area contributed by atoms with Gasteiger partial charge in [-0.25, -0.2) is 17.9 Å². The fraction of sp³-hybridized carbons (Fsp3) is 0.529. The number of carbonyl (C=O) groups excluding carboxylic acids is 1. The van der Waals surface area contributed by atoms with E-state index >= 15 is 0 Å². The summed E-state index contributed by atoms with van der Waals surface area (Å²) in [6, 6.07) is 4.46. The van der Waals surface area contributed by atoms with Crippen LogP contribution < -0.4 is 10.0 Å². The molecule has 1 aromatic rings. The highest BCUT2D eigenvalue weighted by Gasteiger charge is 2.21. The van der Waals surface area contributed by atoms with Gasteiger partial charge >= 0.3 is 5.97 Å². The van der Waals surface area contributed by atoms with Crippen molar-refractivity contribution in [3.05, 3.63) is 29.8 Å². The summed E-state index contributed by atoms with van der Waals surface area (Å²) in [6.45, 7) is 6.05. The summed E-state index contributed by atoms with van der Waals surface area (Å²) < 4.78 is 26.7. The van der Waals surface area contributed by atoms with Gasteiger partial charge in [-0.15, -0.1) is 0 Å². The largest absolute Gasteiger partial charge is 0.480 e. The Morgan fingerprint density at radius 3 is 2.24 bits per heavy atom. The van der Waals surface area contributed by atoms with E-state index in [4.69, 9.17) is 5.11 Å². The summed E-state index contributed by atoms with van der Waals surface area (Å²) in [6.07, 6.45) is 1.87. The molecular formula is C17H26N2O5S. The molecule has 0 spiro atoms. The highest BCUT2D eigenvalue weighted by atomic mass is 32.2. The summed E-state index contributed by atoms with van der Waals surface area (Å²) in [7, 11) is -3.62.